The molecule has 0 spiro atoms. The van der Waals surface area contributed by atoms with Crippen molar-refractivity contribution in [3.05, 3.63) is 64.1 Å². The smallest absolute Gasteiger partial charge is 0.387 e. The lowest BCUT2D eigenvalue weighted by Crippen LogP contribution is -2.32. The number of alkyl halides is 2. The van der Waals surface area contributed by atoms with Crippen molar-refractivity contribution in [1.82, 2.24) is 14.7 Å². The number of halogens is 2. The molecule has 3 aromatic rings. The Kier molecular flexibility index (Phi) is 6.43. The van der Waals surface area contributed by atoms with E-state index in [1.54, 1.807) is 25.1 Å². The first-order valence-electron chi connectivity index (χ1n) is 9.24. The van der Waals surface area contributed by atoms with Gasteiger partial charge in [-0.25, -0.2) is 4.68 Å². The van der Waals surface area contributed by atoms with Crippen LogP contribution in [0.1, 0.15) is 18.2 Å². The molecule has 8 heteroatoms. The van der Waals surface area contributed by atoms with Gasteiger partial charge in [0.05, 0.1) is 24.4 Å². The number of benzene rings is 2. The number of nitrogens with zero attached hydrogens (tertiary/aromatic N) is 3. The van der Waals surface area contributed by atoms with Crippen LogP contribution < -0.4 is 15.0 Å². The van der Waals surface area contributed by atoms with Crippen molar-refractivity contribution in [2.45, 2.75) is 33.7 Å². The van der Waals surface area contributed by atoms with E-state index in [2.05, 4.69) is 9.84 Å². The predicted octanol–water partition coefficient (Wildman–Crippen LogP) is 3.79. The average Bonchev–Trinajstić information content (AvgIpc) is 2.68. The van der Waals surface area contributed by atoms with Gasteiger partial charge in [-0.1, -0.05) is 24.3 Å². The zero-order valence-corrected chi connectivity index (χ0v) is 16.6. The summed E-state index contributed by atoms with van der Waals surface area (Å²) in [6, 6.07) is 12.2. The Morgan fingerprint density at radius 2 is 1.86 bits per heavy atom. The molecule has 0 bridgehead atoms. The van der Waals surface area contributed by atoms with Crippen molar-refractivity contribution in [3.8, 4) is 11.5 Å². The van der Waals surface area contributed by atoms with E-state index in [0.29, 0.717) is 18.5 Å². The average molecular weight is 403 g/mol. The molecular formula is C21H23F2N3O3. The van der Waals surface area contributed by atoms with E-state index in [0.717, 1.165) is 16.6 Å². The Morgan fingerprint density at radius 3 is 2.55 bits per heavy atom. The number of ether oxygens (including phenoxy) is 2. The number of fused-ring (bicyclic) bond motifs is 1. The number of rotatable bonds is 8. The molecule has 0 aliphatic rings. The lowest BCUT2D eigenvalue weighted by molar-refractivity contribution is -0.0514. The fourth-order valence-corrected chi connectivity index (χ4v) is 3.20. The lowest BCUT2D eigenvalue weighted by atomic mass is 10.1. The third-order valence-corrected chi connectivity index (χ3v) is 4.40. The maximum absolute atomic E-state index is 12.7. The molecule has 0 amide bonds. The quantitative estimate of drug-likeness (QED) is 0.573. The van der Waals surface area contributed by atoms with Crippen molar-refractivity contribution < 1.29 is 18.3 Å². The first-order chi connectivity index (χ1) is 13.9. The highest BCUT2D eigenvalue weighted by molar-refractivity contribution is 5.83. The number of aryl methyl sites for hydroxylation is 1. The van der Waals surface area contributed by atoms with Gasteiger partial charge in [0.2, 0.25) is 0 Å². The maximum atomic E-state index is 12.7. The third-order valence-electron chi connectivity index (χ3n) is 4.40. The molecule has 0 radical (unpaired) electrons. The van der Waals surface area contributed by atoms with Crippen molar-refractivity contribution in [1.29, 1.82) is 0 Å². The first-order valence-corrected chi connectivity index (χ1v) is 9.24. The summed E-state index contributed by atoms with van der Waals surface area (Å²) in [4.78, 5) is 14.6. The number of hydrogen-bond donors (Lipinski definition) is 0. The van der Waals surface area contributed by atoms with E-state index >= 15 is 0 Å². The molecule has 2 aromatic carbocycles. The Balaban J connectivity index is 1.80. The fourth-order valence-electron chi connectivity index (χ4n) is 3.20. The summed E-state index contributed by atoms with van der Waals surface area (Å²) >= 11 is 0. The van der Waals surface area contributed by atoms with Crippen molar-refractivity contribution in [3.63, 3.8) is 0 Å². The zero-order valence-electron chi connectivity index (χ0n) is 16.6. The summed E-state index contributed by atoms with van der Waals surface area (Å²) in [5.41, 5.74) is 1.46. The molecule has 0 fully saturated rings. The summed E-state index contributed by atoms with van der Waals surface area (Å²) in [7, 11) is 1.85. The Hall–Kier alpha value is -3.00. The second-order valence-corrected chi connectivity index (χ2v) is 6.68. The van der Waals surface area contributed by atoms with E-state index in [9.17, 15) is 13.6 Å². The predicted molar refractivity (Wildman–Crippen MR) is 106 cm³/mol. The van der Waals surface area contributed by atoms with E-state index in [1.165, 1.54) is 10.7 Å². The monoisotopic (exact) mass is 403 g/mol. The second-order valence-electron chi connectivity index (χ2n) is 6.68. The standard InChI is InChI=1S/C21H23F2N3O3/c1-4-28-19-11-15(9-10-18(19)29-21(22)23)12-25(3)13-26-20(27)17-8-6-5-7-16(17)14(2)24-26/h5-11,21H,4,12-13H2,1-3H3. The molecule has 0 atom stereocenters. The van der Waals surface area contributed by atoms with Gasteiger partial charge >= 0.3 is 6.61 Å². The van der Waals surface area contributed by atoms with Gasteiger partial charge in [0.15, 0.2) is 11.5 Å². The molecule has 0 aliphatic heterocycles. The lowest BCUT2D eigenvalue weighted by Gasteiger charge is -2.19. The molecule has 0 aliphatic carbocycles. The van der Waals surface area contributed by atoms with Gasteiger partial charge in [0, 0.05) is 11.9 Å². The Labute approximate surface area is 167 Å². The fraction of sp³-hybridized carbons (Fsp3) is 0.333. The van der Waals surface area contributed by atoms with Gasteiger partial charge in [0.1, 0.15) is 0 Å². The molecule has 1 heterocycles. The Morgan fingerprint density at radius 1 is 1.14 bits per heavy atom. The molecule has 0 saturated carbocycles. The molecule has 6 nitrogen and oxygen atoms in total. The largest absolute Gasteiger partial charge is 0.490 e. The van der Waals surface area contributed by atoms with Crippen LogP contribution in [0, 0.1) is 6.92 Å². The summed E-state index contributed by atoms with van der Waals surface area (Å²) in [5.74, 6) is 0.256. The van der Waals surface area contributed by atoms with Gasteiger partial charge in [-0.3, -0.25) is 9.69 Å². The van der Waals surface area contributed by atoms with Crippen LogP contribution in [0.2, 0.25) is 0 Å². The molecule has 154 valence electrons. The minimum absolute atomic E-state index is 0.00343. The van der Waals surface area contributed by atoms with E-state index in [-0.39, 0.29) is 23.7 Å². The van der Waals surface area contributed by atoms with Crippen LogP contribution in [-0.4, -0.2) is 34.9 Å². The Bertz CT molecular complexity index is 1050. The summed E-state index contributed by atoms with van der Waals surface area (Å²) in [5, 5.41) is 5.88. The zero-order chi connectivity index (χ0) is 21.0. The van der Waals surface area contributed by atoms with Crippen molar-refractivity contribution >= 4 is 10.8 Å². The van der Waals surface area contributed by atoms with Gasteiger partial charge in [-0.05, 0) is 44.7 Å². The van der Waals surface area contributed by atoms with Gasteiger partial charge in [-0.2, -0.15) is 13.9 Å². The number of hydrogen-bond acceptors (Lipinski definition) is 5. The van der Waals surface area contributed by atoms with Gasteiger partial charge in [0.25, 0.3) is 5.56 Å². The highest BCUT2D eigenvalue weighted by Crippen LogP contribution is 2.30. The topological polar surface area (TPSA) is 56.6 Å². The summed E-state index contributed by atoms with van der Waals surface area (Å²) in [6.45, 7) is 1.80. The SMILES string of the molecule is CCOc1cc(CN(C)Cn2nc(C)c3ccccc3c2=O)ccc1OC(F)F. The normalized spacial score (nSPS) is 11.4. The van der Waals surface area contributed by atoms with Crippen LogP contribution in [0.15, 0.2) is 47.3 Å². The van der Waals surface area contributed by atoms with Crippen LogP contribution in [0.4, 0.5) is 8.78 Å². The van der Waals surface area contributed by atoms with Crippen molar-refractivity contribution in [2.24, 2.45) is 0 Å². The molecule has 0 N–H and O–H groups in total. The first kappa shape index (κ1) is 20.7. The van der Waals surface area contributed by atoms with E-state index in [1.807, 2.05) is 37.1 Å². The van der Waals surface area contributed by atoms with Crippen LogP contribution in [0.5, 0.6) is 11.5 Å². The number of aromatic nitrogens is 2. The summed E-state index contributed by atoms with van der Waals surface area (Å²) < 4.78 is 36.4. The van der Waals surface area contributed by atoms with Crippen LogP contribution in [0.25, 0.3) is 10.8 Å². The molecular weight excluding hydrogens is 380 g/mol. The highest BCUT2D eigenvalue weighted by atomic mass is 19.3. The molecule has 3 rings (SSSR count). The molecule has 0 unspecified atom stereocenters. The minimum Gasteiger partial charge on any atom is -0.490 e. The highest BCUT2D eigenvalue weighted by Gasteiger charge is 2.13. The molecule has 29 heavy (non-hydrogen) atoms. The van der Waals surface area contributed by atoms with Crippen LogP contribution in [-0.2, 0) is 13.2 Å². The van der Waals surface area contributed by atoms with Gasteiger partial charge in [-0.15, -0.1) is 0 Å². The minimum atomic E-state index is -2.92. The molecule has 0 saturated heterocycles. The third kappa shape index (κ3) is 4.89. The maximum Gasteiger partial charge on any atom is 0.387 e. The van der Waals surface area contributed by atoms with E-state index in [4.69, 9.17) is 4.74 Å². The van der Waals surface area contributed by atoms with Crippen LogP contribution >= 0.6 is 0 Å². The summed E-state index contributed by atoms with van der Waals surface area (Å²) in [6.07, 6.45) is 0. The van der Waals surface area contributed by atoms with Gasteiger partial charge < -0.3 is 9.47 Å². The second kappa shape index (κ2) is 9.00. The van der Waals surface area contributed by atoms with E-state index < -0.39 is 6.61 Å². The van der Waals surface area contributed by atoms with Crippen molar-refractivity contribution in [2.75, 3.05) is 13.7 Å². The molecule has 1 aromatic heterocycles. The van der Waals surface area contributed by atoms with Crippen LogP contribution in [0.3, 0.4) is 0 Å².